The molecule has 5 nitrogen and oxygen atoms in total. The largest absolute Gasteiger partial charge is 0.494 e. The Balaban J connectivity index is 1.51. The normalized spacial score (nSPS) is 10.8. The minimum Gasteiger partial charge on any atom is -0.494 e. The van der Waals surface area contributed by atoms with Crippen LogP contribution in [0.5, 0.6) is 5.75 Å². The van der Waals surface area contributed by atoms with E-state index in [2.05, 4.69) is 4.98 Å². The van der Waals surface area contributed by atoms with Crippen molar-refractivity contribution in [3.63, 3.8) is 0 Å². The number of carbonyl (C=O) groups excluding carboxylic acids is 1. The van der Waals surface area contributed by atoms with E-state index in [4.69, 9.17) is 9.15 Å². The van der Waals surface area contributed by atoms with Crippen molar-refractivity contribution in [2.45, 2.75) is 19.8 Å². The predicted octanol–water partition coefficient (Wildman–Crippen LogP) is 3.96. The highest BCUT2D eigenvalue weighted by Crippen LogP contribution is 2.21. The van der Waals surface area contributed by atoms with Gasteiger partial charge in [-0.2, -0.15) is 4.98 Å². The van der Waals surface area contributed by atoms with Crippen LogP contribution in [-0.2, 0) is 4.79 Å². The maximum Gasteiger partial charge on any atom is 0.304 e. The number of carbonyl (C=O) groups is 1. The lowest BCUT2D eigenvalue weighted by Crippen LogP contribution is -2.26. The summed E-state index contributed by atoms with van der Waals surface area (Å²) in [6.07, 6.45) is 1.01. The van der Waals surface area contributed by atoms with E-state index in [1.807, 2.05) is 55.5 Å². The Morgan fingerprint density at radius 3 is 2.83 bits per heavy atom. The second kappa shape index (κ2) is 7.17. The number of aromatic nitrogens is 1. The van der Waals surface area contributed by atoms with Crippen LogP contribution in [0.2, 0.25) is 0 Å². The Hall–Kier alpha value is -2.82. The van der Waals surface area contributed by atoms with Crippen molar-refractivity contribution in [3.05, 3.63) is 54.1 Å². The fourth-order valence-corrected chi connectivity index (χ4v) is 2.40. The van der Waals surface area contributed by atoms with Gasteiger partial charge in [0, 0.05) is 13.5 Å². The Morgan fingerprint density at radius 1 is 1.21 bits per heavy atom. The fraction of sp³-hybridized carbons (Fsp3) is 0.263. The smallest absolute Gasteiger partial charge is 0.304 e. The zero-order valence-corrected chi connectivity index (χ0v) is 13.9. The van der Waals surface area contributed by atoms with E-state index in [0.29, 0.717) is 31.0 Å². The molecule has 3 rings (SSSR count). The van der Waals surface area contributed by atoms with Gasteiger partial charge < -0.3 is 9.15 Å². The van der Waals surface area contributed by atoms with E-state index in [9.17, 15) is 4.79 Å². The van der Waals surface area contributed by atoms with E-state index < -0.39 is 0 Å². The quantitative estimate of drug-likeness (QED) is 0.644. The summed E-state index contributed by atoms with van der Waals surface area (Å²) in [6, 6.07) is 15.6. The standard InChI is InChI=1S/C19H20N2O3/c1-14-7-5-8-15(13-14)23-12-6-11-18(22)21(2)19-20-16-9-3-4-10-17(16)24-19/h3-5,7-10,13H,6,11-12H2,1-2H3. The molecule has 24 heavy (non-hydrogen) atoms. The van der Waals surface area contributed by atoms with Crippen molar-refractivity contribution in [3.8, 4) is 5.75 Å². The van der Waals surface area contributed by atoms with Crippen LogP contribution in [0.3, 0.4) is 0 Å². The lowest BCUT2D eigenvalue weighted by molar-refractivity contribution is -0.118. The molecule has 0 fully saturated rings. The second-order valence-corrected chi connectivity index (χ2v) is 5.69. The molecule has 0 atom stereocenters. The number of rotatable bonds is 6. The number of ether oxygens (including phenoxy) is 1. The number of amides is 1. The molecule has 5 heteroatoms. The first-order valence-electron chi connectivity index (χ1n) is 7.95. The zero-order chi connectivity index (χ0) is 16.9. The highest BCUT2D eigenvalue weighted by Gasteiger charge is 2.16. The van der Waals surface area contributed by atoms with E-state index in [0.717, 1.165) is 16.8 Å². The first kappa shape index (κ1) is 16.1. The monoisotopic (exact) mass is 324 g/mol. The molecule has 0 saturated heterocycles. The van der Waals surface area contributed by atoms with E-state index >= 15 is 0 Å². The minimum atomic E-state index is -0.0469. The summed E-state index contributed by atoms with van der Waals surface area (Å²) in [5.41, 5.74) is 2.57. The lowest BCUT2D eigenvalue weighted by Gasteiger charge is -2.12. The molecular weight excluding hydrogens is 304 g/mol. The molecule has 0 aliphatic rings. The lowest BCUT2D eigenvalue weighted by atomic mass is 10.2. The zero-order valence-electron chi connectivity index (χ0n) is 13.9. The molecule has 0 bridgehead atoms. The molecule has 1 amide bonds. The summed E-state index contributed by atoms with van der Waals surface area (Å²) in [6.45, 7) is 2.52. The van der Waals surface area contributed by atoms with E-state index in [1.54, 1.807) is 7.05 Å². The van der Waals surface area contributed by atoms with Gasteiger partial charge in [0.15, 0.2) is 5.58 Å². The molecule has 0 aliphatic carbocycles. The van der Waals surface area contributed by atoms with Crippen LogP contribution in [0.25, 0.3) is 11.1 Å². The van der Waals surface area contributed by atoms with Crippen LogP contribution in [0.4, 0.5) is 6.01 Å². The van der Waals surface area contributed by atoms with Gasteiger partial charge in [0.2, 0.25) is 5.91 Å². The maximum absolute atomic E-state index is 12.3. The maximum atomic E-state index is 12.3. The Bertz CT molecular complexity index is 808. The van der Waals surface area contributed by atoms with Gasteiger partial charge in [0.05, 0.1) is 6.61 Å². The Kier molecular flexibility index (Phi) is 4.79. The third kappa shape index (κ3) is 3.74. The Labute approximate surface area is 140 Å². The first-order valence-corrected chi connectivity index (χ1v) is 7.95. The van der Waals surface area contributed by atoms with Crippen LogP contribution in [0, 0.1) is 6.92 Å². The summed E-state index contributed by atoms with van der Waals surface area (Å²) >= 11 is 0. The summed E-state index contributed by atoms with van der Waals surface area (Å²) in [7, 11) is 1.68. The minimum absolute atomic E-state index is 0.0469. The average molecular weight is 324 g/mol. The molecule has 0 unspecified atom stereocenters. The fourth-order valence-electron chi connectivity index (χ4n) is 2.40. The number of para-hydroxylation sites is 2. The number of oxazole rings is 1. The Morgan fingerprint density at radius 2 is 2.04 bits per heavy atom. The van der Waals surface area contributed by atoms with Gasteiger partial charge >= 0.3 is 6.01 Å². The molecular formula is C19H20N2O3. The van der Waals surface area contributed by atoms with Crippen molar-refractivity contribution in [1.29, 1.82) is 0 Å². The van der Waals surface area contributed by atoms with Crippen molar-refractivity contribution < 1.29 is 13.9 Å². The summed E-state index contributed by atoms with van der Waals surface area (Å²) < 4.78 is 11.3. The van der Waals surface area contributed by atoms with Crippen LogP contribution in [0.1, 0.15) is 18.4 Å². The molecule has 0 saturated carbocycles. The highest BCUT2D eigenvalue weighted by molar-refractivity contribution is 5.91. The van der Waals surface area contributed by atoms with Gasteiger partial charge in [-0.1, -0.05) is 24.3 Å². The number of nitrogens with zero attached hydrogens (tertiary/aromatic N) is 2. The van der Waals surface area contributed by atoms with Gasteiger partial charge in [0.25, 0.3) is 0 Å². The number of hydrogen-bond acceptors (Lipinski definition) is 4. The summed E-state index contributed by atoms with van der Waals surface area (Å²) in [4.78, 5) is 18.0. The van der Waals surface area contributed by atoms with Gasteiger partial charge in [-0.3, -0.25) is 9.69 Å². The van der Waals surface area contributed by atoms with Gasteiger partial charge in [-0.25, -0.2) is 0 Å². The molecule has 3 aromatic rings. The second-order valence-electron chi connectivity index (χ2n) is 5.69. The van der Waals surface area contributed by atoms with Crippen LogP contribution in [-0.4, -0.2) is 24.5 Å². The molecule has 124 valence electrons. The highest BCUT2D eigenvalue weighted by atomic mass is 16.5. The van der Waals surface area contributed by atoms with E-state index in [-0.39, 0.29) is 5.91 Å². The topological polar surface area (TPSA) is 55.6 Å². The number of aryl methyl sites for hydroxylation is 1. The first-order chi connectivity index (χ1) is 11.6. The molecule has 1 heterocycles. The van der Waals surface area contributed by atoms with Gasteiger partial charge in [0.1, 0.15) is 11.3 Å². The van der Waals surface area contributed by atoms with Crippen LogP contribution >= 0.6 is 0 Å². The van der Waals surface area contributed by atoms with Crippen molar-refractivity contribution >= 4 is 23.0 Å². The van der Waals surface area contributed by atoms with Crippen LogP contribution in [0.15, 0.2) is 52.9 Å². The van der Waals surface area contributed by atoms with Crippen LogP contribution < -0.4 is 9.64 Å². The third-order valence-electron chi connectivity index (χ3n) is 3.74. The molecule has 2 aromatic carbocycles. The molecule has 0 aliphatic heterocycles. The average Bonchev–Trinajstić information content (AvgIpc) is 3.02. The molecule has 0 N–H and O–H groups in total. The number of fused-ring (bicyclic) bond motifs is 1. The number of anilines is 1. The van der Waals surface area contributed by atoms with Crippen molar-refractivity contribution in [1.82, 2.24) is 4.98 Å². The predicted molar refractivity (Wildman–Crippen MR) is 93.3 cm³/mol. The van der Waals surface area contributed by atoms with E-state index in [1.165, 1.54) is 4.90 Å². The van der Waals surface area contributed by atoms with Crippen molar-refractivity contribution in [2.75, 3.05) is 18.6 Å². The summed E-state index contributed by atoms with van der Waals surface area (Å²) in [5.74, 6) is 0.782. The van der Waals surface area contributed by atoms with Gasteiger partial charge in [-0.05, 0) is 43.2 Å². The summed E-state index contributed by atoms with van der Waals surface area (Å²) in [5, 5.41) is 0. The van der Waals surface area contributed by atoms with Crippen molar-refractivity contribution in [2.24, 2.45) is 0 Å². The number of benzene rings is 2. The molecule has 1 aromatic heterocycles. The SMILES string of the molecule is Cc1cccc(OCCCC(=O)N(C)c2nc3ccccc3o2)c1. The molecule has 0 spiro atoms. The number of hydrogen-bond donors (Lipinski definition) is 0. The third-order valence-corrected chi connectivity index (χ3v) is 3.74. The molecule has 0 radical (unpaired) electrons. The van der Waals surface area contributed by atoms with Gasteiger partial charge in [-0.15, -0.1) is 0 Å².